The van der Waals surface area contributed by atoms with E-state index in [9.17, 15) is 4.79 Å². The summed E-state index contributed by atoms with van der Waals surface area (Å²) in [7, 11) is 1.68. The molecule has 0 saturated carbocycles. The Morgan fingerprint density at radius 1 is 1.35 bits per heavy atom. The van der Waals surface area contributed by atoms with E-state index < -0.39 is 0 Å². The predicted molar refractivity (Wildman–Crippen MR) is 63.6 cm³/mol. The summed E-state index contributed by atoms with van der Waals surface area (Å²) >= 11 is 0. The molecule has 0 fully saturated rings. The molecule has 2 aromatic rings. The lowest BCUT2D eigenvalue weighted by Crippen LogP contribution is -2.25. The molecule has 0 spiro atoms. The highest BCUT2D eigenvalue weighted by Gasteiger charge is 2.16. The first-order valence-electron chi connectivity index (χ1n) is 5.19. The van der Waals surface area contributed by atoms with Crippen LogP contribution in [0.15, 0.2) is 41.1 Å². The number of carbonyl (C=O) groups is 1. The first-order valence-corrected chi connectivity index (χ1v) is 5.19. The molecule has 2 N–H and O–H groups in total. The maximum atomic E-state index is 12.0. The number of nitrogens with two attached hydrogens (primary N) is 1. The van der Waals surface area contributed by atoms with Gasteiger partial charge in [0.1, 0.15) is 5.76 Å². The number of carbonyl (C=O) groups excluding carboxylic acids is 1. The van der Waals surface area contributed by atoms with Crippen LogP contribution in [-0.4, -0.2) is 17.9 Å². The van der Waals surface area contributed by atoms with Crippen LogP contribution in [0.5, 0.6) is 0 Å². The van der Waals surface area contributed by atoms with Gasteiger partial charge < -0.3 is 15.1 Å². The molecule has 0 unspecified atom stereocenters. The molecule has 2 rings (SSSR count). The number of pyridine rings is 1. The van der Waals surface area contributed by atoms with Gasteiger partial charge in [0.2, 0.25) is 0 Å². The highest BCUT2D eigenvalue weighted by molar-refractivity contribution is 6.03. The Kier molecular flexibility index (Phi) is 3.20. The van der Waals surface area contributed by atoms with Crippen LogP contribution in [0, 0.1) is 0 Å². The third-order valence-corrected chi connectivity index (χ3v) is 2.43. The smallest absolute Gasteiger partial charge is 0.293 e. The monoisotopic (exact) mass is 231 g/mol. The number of rotatable bonds is 3. The fourth-order valence-electron chi connectivity index (χ4n) is 1.45. The second-order valence-electron chi connectivity index (χ2n) is 3.54. The summed E-state index contributed by atoms with van der Waals surface area (Å²) in [6.45, 7) is 0.284. The van der Waals surface area contributed by atoms with Crippen LogP contribution in [0.25, 0.3) is 0 Å². The van der Waals surface area contributed by atoms with Gasteiger partial charge in [-0.3, -0.25) is 9.78 Å². The van der Waals surface area contributed by atoms with Gasteiger partial charge in [-0.25, -0.2) is 0 Å². The lowest BCUT2D eigenvalue weighted by molar-refractivity contribution is 0.0965. The fourth-order valence-corrected chi connectivity index (χ4v) is 1.45. The van der Waals surface area contributed by atoms with Crippen LogP contribution in [0.3, 0.4) is 0 Å². The highest BCUT2D eigenvalue weighted by Crippen LogP contribution is 2.15. The first kappa shape index (κ1) is 11.3. The van der Waals surface area contributed by atoms with Crippen molar-refractivity contribution in [3.05, 3.63) is 48.2 Å². The summed E-state index contributed by atoms with van der Waals surface area (Å²) in [6.07, 6.45) is 3.26. The Hall–Kier alpha value is -2.14. The van der Waals surface area contributed by atoms with Gasteiger partial charge in [-0.1, -0.05) is 0 Å². The summed E-state index contributed by atoms with van der Waals surface area (Å²) in [5.41, 5.74) is 6.18. The van der Waals surface area contributed by atoms with Crippen LogP contribution in [0.4, 0.5) is 5.69 Å². The summed E-state index contributed by atoms with van der Waals surface area (Å²) in [5, 5.41) is 0. The van der Waals surface area contributed by atoms with E-state index >= 15 is 0 Å². The third kappa shape index (κ3) is 2.34. The largest absolute Gasteiger partial charge is 0.455 e. The van der Waals surface area contributed by atoms with Gasteiger partial charge in [0.15, 0.2) is 5.76 Å². The van der Waals surface area contributed by atoms with Crippen molar-refractivity contribution < 1.29 is 9.21 Å². The molecular weight excluding hydrogens is 218 g/mol. The highest BCUT2D eigenvalue weighted by atomic mass is 16.4. The molecule has 0 aliphatic rings. The minimum absolute atomic E-state index is 0.212. The SMILES string of the molecule is CN(C(=O)c1ccc(CN)o1)c1ccncc1. The molecule has 0 aliphatic heterocycles. The minimum atomic E-state index is -0.212. The summed E-state index contributed by atoms with van der Waals surface area (Å²) in [5.74, 6) is 0.664. The summed E-state index contributed by atoms with van der Waals surface area (Å²) < 4.78 is 5.31. The molecule has 0 atom stereocenters. The first-order chi connectivity index (χ1) is 8.22. The van der Waals surface area contributed by atoms with Gasteiger partial charge in [0, 0.05) is 25.1 Å². The molecule has 5 nitrogen and oxygen atoms in total. The lowest BCUT2D eigenvalue weighted by Gasteiger charge is -2.15. The molecule has 2 aromatic heterocycles. The molecule has 0 aliphatic carbocycles. The van der Waals surface area contributed by atoms with Crippen molar-refractivity contribution >= 4 is 11.6 Å². The summed E-state index contributed by atoms with van der Waals surface area (Å²) in [4.78, 5) is 17.4. The van der Waals surface area contributed by atoms with Crippen molar-refractivity contribution in [2.75, 3.05) is 11.9 Å². The Labute approximate surface area is 98.9 Å². The van der Waals surface area contributed by atoms with E-state index in [1.54, 1.807) is 43.7 Å². The molecule has 0 bridgehead atoms. The van der Waals surface area contributed by atoms with Gasteiger partial charge in [-0.05, 0) is 24.3 Å². The Morgan fingerprint density at radius 3 is 2.65 bits per heavy atom. The van der Waals surface area contributed by atoms with Crippen LogP contribution in [0.2, 0.25) is 0 Å². The number of amides is 1. The minimum Gasteiger partial charge on any atom is -0.455 e. The van der Waals surface area contributed by atoms with E-state index in [1.165, 1.54) is 4.90 Å². The van der Waals surface area contributed by atoms with Crippen molar-refractivity contribution in [3.8, 4) is 0 Å². The van der Waals surface area contributed by atoms with Crippen LogP contribution < -0.4 is 10.6 Å². The Morgan fingerprint density at radius 2 is 2.06 bits per heavy atom. The Balaban J connectivity index is 2.20. The van der Waals surface area contributed by atoms with Gasteiger partial charge in [0.05, 0.1) is 6.54 Å². The zero-order valence-electron chi connectivity index (χ0n) is 9.46. The number of hydrogen-bond donors (Lipinski definition) is 1. The maximum absolute atomic E-state index is 12.0. The van der Waals surface area contributed by atoms with Crippen LogP contribution in [-0.2, 0) is 6.54 Å². The molecule has 0 aromatic carbocycles. The van der Waals surface area contributed by atoms with Crippen molar-refractivity contribution in [3.63, 3.8) is 0 Å². The average molecular weight is 231 g/mol. The summed E-state index contributed by atoms with van der Waals surface area (Å²) in [6, 6.07) is 6.84. The normalized spacial score (nSPS) is 10.2. The average Bonchev–Trinajstić information content (AvgIpc) is 2.87. The standard InChI is InChI=1S/C12H13N3O2/c1-15(9-4-6-14-7-5-9)12(16)11-3-2-10(8-13)17-11/h2-7H,8,13H2,1H3. The van der Waals surface area contributed by atoms with Gasteiger partial charge >= 0.3 is 0 Å². The number of nitrogens with zero attached hydrogens (tertiary/aromatic N) is 2. The number of aromatic nitrogens is 1. The molecule has 0 radical (unpaired) electrons. The molecule has 0 saturated heterocycles. The van der Waals surface area contributed by atoms with E-state index in [-0.39, 0.29) is 18.2 Å². The van der Waals surface area contributed by atoms with Gasteiger partial charge in [-0.2, -0.15) is 0 Å². The molecule has 88 valence electrons. The Bertz CT molecular complexity index is 507. The maximum Gasteiger partial charge on any atom is 0.293 e. The number of furan rings is 1. The van der Waals surface area contributed by atoms with Crippen LogP contribution in [0.1, 0.15) is 16.3 Å². The molecule has 2 heterocycles. The third-order valence-electron chi connectivity index (χ3n) is 2.43. The number of anilines is 1. The second kappa shape index (κ2) is 4.80. The lowest BCUT2D eigenvalue weighted by atomic mass is 10.3. The topological polar surface area (TPSA) is 72.4 Å². The van der Waals surface area contributed by atoms with E-state index in [4.69, 9.17) is 10.2 Å². The fraction of sp³-hybridized carbons (Fsp3) is 0.167. The van der Waals surface area contributed by atoms with Gasteiger partial charge in [-0.15, -0.1) is 0 Å². The van der Waals surface area contributed by atoms with E-state index in [1.807, 2.05) is 0 Å². The zero-order chi connectivity index (χ0) is 12.3. The van der Waals surface area contributed by atoms with E-state index in [0.29, 0.717) is 5.76 Å². The van der Waals surface area contributed by atoms with Crippen molar-refractivity contribution in [1.29, 1.82) is 0 Å². The quantitative estimate of drug-likeness (QED) is 0.866. The van der Waals surface area contributed by atoms with E-state index in [0.717, 1.165) is 5.69 Å². The second-order valence-corrected chi connectivity index (χ2v) is 3.54. The van der Waals surface area contributed by atoms with Crippen molar-refractivity contribution in [2.45, 2.75) is 6.54 Å². The predicted octanol–water partition coefficient (Wildman–Crippen LogP) is 1.41. The van der Waals surface area contributed by atoms with Crippen LogP contribution >= 0.6 is 0 Å². The zero-order valence-corrected chi connectivity index (χ0v) is 9.46. The molecule has 17 heavy (non-hydrogen) atoms. The molecule has 1 amide bonds. The molecular formula is C12H13N3O2. The van der Waals surface area contributed by atoms with Crippen molar-refractivity contribution in [1.82, 2.24) is 4.98 Å². The number of hydrogen-bond acceptors (Lipinski definition) is 4. The van der Waals surface area contributed by atoms with E-state index in [2.05, 4.69) is 4.98 Å². The molecule has 5 heteroatoms. The van der Waals surface area contributed by atoms with Gasteiger partial charge in [0.25, 0.3) is 5.91 Å². The van der Waals surface area contributed by atoms with Crippen molar-refractivity contribution in [2.24, 2.45) is 5.73 Å².